The first kappa shape index (κ1) is 24.1. The number of benzene rings is 2. The zero-order chi connectivity index (χ0) is 22.1. The Morgan fingerprint density at radius 3 is 2.57 bits per heavy atom. The number of hydroxylamine groups is 1. The summed E-state index contributed by atoms with van der Waals surface area (Å²) in [5.74, 6) is -0.869. The molecule has 2 atom stereocenters. The van der Waals surface area contributed by atoms with E-state index in [0.29, 0.717) is 11.3 Å². The minimum absolute atomic E-state index is 0.0958. The van der Waals surface area contributed by atoms with Crippen LogP contribution in [0.15, 0.2) is 59.1 Å². The van der Waals surface area contributed by atoms with Gasteiger partial charge in [0, 0.05) is 32.0 Å². The highest BCUT2D eigenvalue weighted by atomic mass is 127. The van der Waals surface area contributed by atoms with E-state index < -0.39 is 24.2 Å². The van der Waals surface area contributed by atoms with Crippen molar-refractivity contribution in [3.05, 3.63) is 68.2 Å². The lowest BCUT2D eigenvalue weighted by Gasteiger charge is -2.26. The molecule has 0 saturated heterocycles. The number of aromatic hydroxyl groups is 1. The van der Waals surface area contributed by atoms with Gasteiger partial charge in [-0.15, -0.1) is 0 Å². The van der Waals surface area contributed by atoms with Gasteiger partial charge in [0.05, 0.1) is 0 Å². The molecule has 8 nitrogen and oxygen atoms in total. The van der Waals surface area contributed by atoms with E-state index in [4.69, 9.17) is 14.7 Å². The summed E-state index contributed by atoms with van der Waals surface area (Å²) in [5, 5.41) is 21.7. The van der Waals surface area contributed by atoms with Gasteiger partial charge in [0.15, 0.2) is 6.10 Å². The smallest absolute Gasteiger partial charge is 0.412 e. The highest BCUT2D eigenvalue weighted by Gasteiger charge is 2.29. The first-order chi connectivity index (χ1) is 14.3. The summed E-state index contributed by atoms with van der Waals surface area (Å²) >= 11 is 5.39. The zero-order valence-electron chi connectivity index (χ0n) is 15.8. The molecule has 0 aromatic heterocycles. The topological polar surface area (TPSA) is 117 Å². The number of carbonyl (C=O) groups is 2. The Morgan fingerprint density at radius 2 is 1.93 bits per heavy atom. The van der Waals surface area contributed by atoms with Crippen molar-refractivity contribution in [3.63, 3.8) is 0 Å². The van der Waals surface area contributed by atoms with Crippen molar-refractivity contribution < 1.29 is 29.4 Å². The summed E-state index contributed by atoms with van der Waals surface area (Å²) in [6.45, 7) is 1.98. The minimum Gasteiger partial charge on any atom is -0.508 e. The average Bonchev–Trinajstić information content (AvgIpc) is 2.73. The number of phenols is 1. The molecule has 0 bridgehead atoms. The molecule has 0 fully saturated rings. The molecule has 30 heavy (non-hydrogen) atoms. The molecule has 2 aromatic rings. The number of hydrogen-bond donors (Lipinski definition) is 4. The van der Waals surface area contributed by atoms with E-state index in [1.54, 1.807) is 43.3 Å². The van der Waals surface area contributed by atoms with Crippen molar-refractivity contribution in [2.45, 2.75) is 19.1 Å². The molecular weight excluding hydrogens is 571 g/mol. The summed E-state index contributed by atoms with van der Waals surface area (Å²) in [4.78, 5) is 24.0. The SMILES string of the molecule is CCO[C@@H](/C=C/C(=O)NO)[C@@H](OC(=O)Nc1ccc(Br)cc1)c1cc(I)ccc1O. The normalized spacial score (nSPS) is 12.9. The van der Waals surface area contributed by atoms with Crippen LogP contribution in [-0.2, 0) is 14.3 Å². The van der Waals surface area contributed by atoms with Gasteiger partial charge in [0.1, 0.15) is 11.9 Å². The summed E-state index contributed by atoms with van der Waals surface area (Å²) < 4.78 is 12.9. The third kappa shape index (κ3) is 7.27. The maximum absolute atomic E-state index is 12.6. The molecule has 0 aliphatic heterocycles. The number of phenolic OH excluding ortho intramolecular Hbond substituents is 1. The predicted molar refractivity (Wildman–Crippen MR) is 122 cm³/mol. The number of hydrogen-bond acceptors (Lipinski definition) is 6. The van der Waals surface area contributed by atoms with Crippen LogP contribution >= 0.6 is 38.5 Å². The van der Waals surface area contributed by atoms with E-state index in [0.717, 1.165) is 14.1 Å². The van der Waals surface area contributed by atoms with Gasteiger partial charge in [-0.05, 0) is 78.1 Å². The Labute approximate surface area is 195 Å². The molecule has 0 spiro atoms. The Bertz CT molecular complexity index is 907. The van der Waals surface area contributed by atoms with Crippen molar-refractivity contribution in [1.82, 2.24) is 5.48 Å². The van der Waals surface area contributed by atoms with E-state index >= 15 is 0 Å². The first-order valence-corrected chi connectivity index (χ1v) is 10.7. The Kier molecular flexibility index (Phi) is 9.56. The second-order valence-electron chi connectivity index (χ2n) is 5.92. The fraction of sp³-hybridized carbons (Fsp3) is 0.200. The predicted octanol–water partition coefficient (Wildman–Crippen LogP) is 4.52. The number of nitrogens with one attached hydrogen (secondary N) is 2. The fourth-order valence-corrected chi connectivity index (χ4v) is 3.29. The summed E-state index contributed by atoms with van der Waals surface area (Å²) in [6, 6.07) is 11.7. The molecule has 0 aliphatic carbocycles. The monoisotopic (exact) mass is 590 g/mol. The van der Waals surface area contributed by atoms with E-state index in [-0.39, 0.29) is 12.4 Å². The number of carbonyl (C=O) groups excluding carboxylic acids is 2. The van der Waals surface area contributed by atoms with Crippen LogP contribution in [0.3, 0.4) is 0 Å². The van der Waals surface area contributed by atoms with Crippen LogP contribution in [0.25, 0.3) is 0 Å². The second-order valence-corrected chi connectivity index (χ2v) is 8.08. The molecule has 0 saturated carbocycles. The van der Waals surface area contributed by atoms with E-state index in [9.17, 15) is 14.7 Å². The van der Waals surface area contributed by atoms with Gasteiger partial charge >= 0.3 is 6.09 Å². The molecule has 4 N–H and O–H groups in total. The molecule has 2 rings (SSSR count). The maximum Gasteiger partial charge on any atom is 0.412 e. The van der Waals surface area contributed by atoms with Gasteiger partial charge < -0.3 is 14.6 Å². The van der Waals surface area contributed by atoms with Crippen LogP contribution in [0, 0.1) is 3.57 Å². The Morgan fingerprint density at radius 1 is 1.23 bits per heavy atom. The largest absolute Gasteiger partial charge is 0.508 e. The number of halogens is 2. The molecule has 0 heterocycles. The number of amides is 2. The van der Waals surface area contributed by atoms with Crippen LogP contribution in [-0.4, -0.2) is 35.0 Å². The van der Waals surface area contributed by atoms with Crippen molar-refractivity contribution in [2.75, 3.05) is 11.9 Å². The van der Waals surface area contributed by atoms with Crippen LogP contribution < -0.4 is 10.8 Å². The summed E-state index contributed by atoms with van der Waals surface area (Å²) in [6.07, 6.45) is -0.365. The zero-order valence-corrected chi connectivity index (χ0v) is 19.6. The van der Waals surface area contributed by atoms with Crippen molar-refractivity contribution in [2.24, 2.45) is 0 Å². The molecule has 2 aromatic carbocycles. The van der Waals surface area contributed by atoms with Crippen LogP contribution in [0.2, 0.25) is 0 Å². The van der Waals surface area contributed by atoms with Crippen LogP contribution in [0.5, 0.6) is 5.75 Å². The van der Waals surface area contributed by atoms with Gasteiger partial charge in [0.25, 0.3) is 5.91 Å². The molecule has 0 radical (unpaired) electrons. The van der Waals surface area contributed by atoms with Crippen LogP contribution in [0.4, 0.5) is 10.5 Å². The highest BCUT2D eigenvalue weighted by molar-refractivity contribution is 14.1. The molecule has 160 valence electrons. The third-order valence-electron chi connectivity index (χ3n) is 3.83. The standard InChI is InChI=1S/C20H20BrIN2O6/c1-2-29-17(9-10-18(26)24-28)19(15-11-13(22)5-8-16(15)25)30-20(27)23-14-6-3-12(21)4-7-14/h3-11,17,19,25,28H,2H2,1H3,(H,23,27)(H,24,26)/b10-9+/t17-,19-/m0/s1. The third-order valence-corrected chi connectivity index (χ3v) is 5.03. The van der Waals surface area contributed by atoms with E-state index in [1.165, 1.54) is 17.6 Å². The summed E-state index contributed by atoms with van der Waals surface area (Å²) in [5.41, 5.74) is 2.30. The van der Waals surface area contributed by atoms with Crippen molar-refractivity contribution >= 4 is 56.2 Å². The number of anilines is 1. The first-order valence-electron chi connectivity index (χ1n) is 8.79. The summed E-state index contributed by atoms with van der Waals surface area (Å²) in [7, 11) is 0. The lowest BCUT2D eigenvalue weighted by Crippen LogP contribution is -2.28. The van der Waals surface area contributed by atoms with E-state index in [2.05, 4.69) is 43.8 Å². The van der Waals surface area contributed by atoms with Gasteiger partial charge in [-0.1, -0.05) is 15.9 Å². The van der Waals surface area contributed by atoms with Gasteiger partial charge in [-0.25, -0.2) is 10.3 Å². The minimum atomic E-state index is -1.07. The highest BCUT2D eigenvalue weighted by Crippen LogP contribution is 2.33. The maximum atomic E-state index is 12.6. The molecule has 0 unspecified atom stereocenters. The quantitative estimate of drug-likeness (QED) is 0.155. The average molecular weight is 591 g/mol. The molecule has 0 aliphatic rings. The van der Waals surface area contributed by atoms with Crippen molar-refractivity contribution in [3.8, 4) is 5.75 Å². The van der Waals surface area contributed by atoms with Gasteiger partial charge in [0.2, 0.25) is 0 Å². The van der Waals surface area contributed by atoms with Crippen molar-refractivity contribution in [1.29, 1.82) is 0 Å². The number of ether oxygens (including phenoxy) is 2. The lowest BCUT2D eigenvalue weighted by atomic mass is 10.0. The Hall–Kier alpha value is -2.15. The van der Waals surface area contributed by atoms with Gasteiger partial charge in [-0.3, -0.25) is 15.3 Å². The molecule has 10 heteroatoms. The lowest BCUT2D eigenvalue weighted by molar-refractivity contribution is -0.124. The molecule has 2 amide bonds. The van der Waals surface area contributed by atoms with E-state index in [1.807, 2.05) is 0 Å². The Balaban J connectivity index is 2.34. The number of rotatable bonds is 8. The van der Waals surface area contributed by atoms with Crippen LogP contribution in [0.1, 0.15) is 18.6 Å². The second kappa shape index (κ2) is 11.9. The fourth-order valence-electron chi connectivity index (χ4n) is 2.51. The van der Waals surface area contributed by atoms with Gasteiger partial charge in [-0.2, -0.15) is 0 Å². The molecular formula is C20H20BrIN2O6.